The predicted molar refractivity (Wildman–Crippen MR) is 162 cm³/mol. The van der Waals surface area contributed by atoms with Gasteiger partial charge in [-0.25, -0.2) is 0 Å². The van der Waals surface area contributed by atoms with Gasteiger partial charge in [-0.1, -0.05) is 128 Å². The molecule has 2 heteroatoms. The molecule has 0 atom stereocenters. The molecule has 4 aromatic carbocycles. The van der Waals surface area contributed by atoms with Crippen molar-refractivity contribution < 1.29 is 0 Å². The molecule has 0 aliphatic rings. The highest BCUT2D eigenvalue weighted by molar-refractivity contribution is 6.18. The Kier molecular flexibility index (Phi) is 6.53. The van der Waals surface area contributed by atoms with Crippen molar-refractivity contribution in [2.24, 2.45) is 0 Å². The molecular weight excluding hydrogens is 460 g/mol. The van der Waals surface area contributed by atoms with Crippen molar-refractivity contribution in [3.63, 3.8) is 0 Å². The number of fused-ring (bicyclic) bond motifs is 3. The quantitative estimate of drug-likeness (QED) is 0.205. The zero-order valence-corrected chi connectivity index (χ0v) is 21.2. The number of aromatic nitrogens is 2. The molecule has 182 valence electrons. The fraction of sp³-hybridized carbons (Fsp3) is 0.0278. The number of rotatable bonds is 7. The highest BCUT2D eigenvalue weighted by Gasteiger charge is 2.20. The summed E-state index contributed by atoms with van der Waals surface area (Å²) in [5.74, 6) is 0. The van der Waals surface area contributed by atoms with Gasteiger partial charge in [-0.3, -0.25) is 4.98 Å². The lowest BCUT2D eigenvalue weighted by Crippen LogP contribution is -1.98. The number of allylic oxidation sites excluding steroid dienone is 5. The molecule has 0 N–H and O–H groups in total. The molecule has 0 radical (unpaired) electrons. The summed E-state index contributed by atoms with van der Waals surface area (Å²) in [6, 6.07) is 38.6. The van der Waals surface area contributed by atoms with Crippen LogP contribution in [0.15, 0.2) is 152 Å². The maximum absolute atomic E-state index is 5.07. The summed E-state index contributed by atoms with van der Waals surface area (Å²) in [6.07, 6.45) is 12.9. The summed E-state index contributed by atoms with van der Waals surface area (Å²) < 4.78 is 2.37. The van der Waals surface area contributed by atoms with Crippen molar-refractivity contribution in [3.05, 3.63) is 158 Å². The van der Waals surface area contributed by atoms with Gasteiger partial charge in [0.05, 0.1) is 16.7 Å². The van der Waals surface area contributed by atoms with Crippen LogP contribution in [0.3, 0.4) is 0 Å². The average Bonchev–Trinajstić information content (AvgIpc) is 3.33. The molecular formula is C36H28N2. The number of hydrogen-bond donors (Lipinski definition) is 0. The fourth-order valence-corrected chi connectivity index (χ4v) is 5.11. The Bertz CT molecular complexity index is 1770. The second-order valence-corrected chi connectivity index (χ2v) is 9.25. The van der Waals surface area contributed by atoms with Crippen LogP contribution in [-0.4, -0.2) is 9.55 Å². The predicted octanol–water partition coefficient (Wildman–Crippen LogP) is 9.35. The van der Waals surface area contributed by atoms with Crippen molar-refractivity contribution in [1.29, 1.82) is 0 Å². The largest absolute Gasteiger partial charge is 0.307 e. The molecule has 6 rings (SSSR count). The maximum atomic E-state index is 5.07. The molecule has 0 spiro atoms. The van der Waals surface area contributed by atoms with Crippen LogP contribution in [0.2, 0.25) is 0 Å². The van der Waals surface area contributed by atoms with Gasteiger partial charge >= 0.3 is 0 Å². The standard InChI is InChI=1S/C36H28N2/c1-2-3-4-5-8-15-27-22-24-30(25-23-27)38-33-21-14-13-20-31(33)34-32(28-16-9-6-10-17-28)26-37-35(36(34)38)29-18-11-7-12-19-29/h2-14,16-26H,1,15H2/b4-3-,8-5-. The van der Waals surface area contributed by atoms with Crippen LogP contribution in [0, 0.1) is 0 Å². The van der Waals surface area contributed by atoms with Crippen LogP contribution in [-0.2, 0) is 6.42 Å². The van der Waals surface area contributed by atoms with Crippen molar-refractivity contribution >= 4 is 21.8 Å². The third kappa shape index (κ3) is 4.38. The number of pyridine rings is 1. The molecule has 0 amide bonds. The van der Waals surface area contributed by atoms with Gasteiger partial charge in [-0.05, 0) is 35.7 Å². The number of benzene rings is 4. The molecule has 38 heavy (non-hydrogen) atoms. The Morgan fingerprint density at radius 1 is 0.684 bits per heavy atom. The zero-order valence-electron chi connectivity index (χ0n) is 21.2. The van der Waals surface area contributed by atoms with Gasteiger partial charge in [0, 0.05) is 33.8 Å². The Morgan fingerprint density at radius 2 is 1.37 bits per heavy atom. The first-order chi connectivity index (χ1) is 18.8. The van der Waals surface area contributed by atoms with Crippen molar-refractivity contribution in [2.45, 2.75) is 6.42 Å². The van der Waals surface area contributed by atoms with Crippen LogP contribution in [0.25, 0.3) is 49.9 Å². The number of hydrogen-bond acceptors (Lipinski definition) is 1. The SMILES string of the molecule is C=C/C=C\C=C/Cc1ccc(-n2c3ccccc3c3c(-c4ccccc4)cnc(-c4ccccc4)c32)cc1. The molecule has 2 nitrogen and oxygen atoms in total. The summed E-state index contributed by atoms with van der Waals surface area (Å²) in [5, 5.41) is 2.45. The Morgan fingerprint density at radius 3 is 2.11 bits per heavy atom. The van der Waals surface area contributed by atoms with Gasteiger partial charge in [0.15, 0.2) is 0 Å². The summed E-state index contributed by atoms with van der Waals surface area (Å²) in [7, 11) is 0. The molecule has 0 bridgehead atoms. The molecule has 0 saturated heterocycles. The lowest BCUT2D eigenvalue weighted by molar-refractivity contribution is 1.15. The van der Waals surface area contributed by atoms with Crippen LogP contribution >= 0.6 is 0 Å². The fourth-order valence-electron chi connectivity index (χ4n) is 5.11. The molecule has 0 aliphatic carbocycles. The van der Waals surface area contributed by atoms with Gasteiger partial charge in [-0.2, -0.15) is 0 Å². The van der Waals surface area contributed by atoms with Crippen LogP contribution < -0.4 is 0 Å². The zero-order chi connectivity index (χ0) is 25.7. The van der Waals surface area contributed by atoms with E-state index < -0.39 is 0 Å². The highest BCUT2D eigenvalue weighted by atomic mass is 15.0. The van der Waals surface area contributed by atoms with Crippen LogP contribution in [0.4, 0.5) is 0 Å². The van der Waals surface area contributed by atoms with Gasteiger partial charge in [0.25, 0.3) is 0 Å². The van der Waals surface area contributed by atoms with Gasteiger partial charge in [0.1, 0.15) is 0 Å². The molecule has 2 heterocycles. The molecule has 0 unspecified atom stereocenters. The van der Waals surface area contributed by atoms with Crippen molar-refractivity contribution in [3.8, 4) is 28.1 Å². The molecule has 2 aromatic heterocycles. The Balaban J connectivity index is 1.60. The maximum Gasteiger partial charge on any atom is 0.0949 e. The van der Waals surface area contributed by atoms with E-state index in [1.165, 1.54) is 27.4 Å². The summed E-state index contributed by atoms with van der Waals surface area (Å²) in [6.45, 7) is 3.71. The average molecular weight is 489 g/mol. The molecule has 0 fully saturated rings. The van der Waals surface area contributed by atoms with E-state index in [2.05, 4.69) is 132 Å². The van der Waals surface area contributed by atoms with Gasteiger partial charge in [-0.15, -0.1) is 0 Å². The van der Waals surface area contributed by atoms with E-state index in [1.807, 2.05) is 18.3 Å². The smallest absolute Gasteiger partial charge is 0.0949 e. The normalized spacial score (nSPS) is 11.7. The first kappa shape index (κ1) is 23.4. The van der Waals surface area contributed by atoms with Crippen LogP contribution in [0.5, 0.6) is 0 Å². The second-order valence-electron chi connectivity index (χ2n) is 9.25. The summed E-state index contributed by atoms with van der Waals surface area (Å²) in [5.41, 5.74) is 9.09. The third-order valence-corrected chi connectivity index (χ3v) is 6.87. The minimum Gasteiger partial charge on any atom is -0.307 e. The van der Waals surface area contributed by atoms with E-state index in [-0.39, 0.29) is 0 Å². The van der Waals surface area contributed by atoms with E-state index in [0.29, 0.717) is 0 Å². The third-order valence-electron chi connectivity index (χ3n) is 6.87. The molecule has 6 aromatic rings. The highest BCUT2D eigenvalue weighted by Crippen LogP contribution is 2.41. The first-order valence-corrected chi connectivity index (χ1v) is 12.9. The Labute approximate surface area is 223 Å². The molecule has 0 saturated carbocycles. The number of para-hydroxylation sites is 1. The van der Waals surface area contributed by atoms with Gasteiger partial charge < -0.3 is 4.57 Å². The van der Waals surface area contributed by atoms with Gasteiger partial charge in [0.2, 0.25) is 0 Å². The van der Waals surface area contributed by atoms with Crippen molar-refractivity contribution in [1.82, 2.24) is 9.55 Å². The lowest BCUT2D eigenvalue weighted by Gasteiger charge is -2.13. The minimum atomic E-state index is 0.879. The van der Waals surface area contributed by atoms with E-state index in [0.717, 1.165) is 34.4 Å². The summed E-state index contributed by atoms with van der Waals surface area (Å²) in [4.78, 5) is 5.07. The van der Waals surface area contributed by atoms with Crippen molar-refractivity contribution in [2.75, 3.05) is 0 Å². The monoisotopic (exact) mass is 488 g/mol. The topological polar surface area (TPSA) is 17.8 Å². The first-order valence-electron chi connectivity index (χ1n) is 12.9. The van der Waals surface area contributed by atoms with E-state index in [4.69, 9.17) is 4.98 Å². The van der Waals surface area contributed by atoms with E-state index in [9.17, 15) is 0 Å². The van der Waals surface area contributed by atoms with E-state index in [1.54, 1.807) is 6.08 Å². The lowest BCUT2D eigenvalue weighted by atomic mass is 9.99. The Hall–Kier alpha value is -4.95. The summed E-state index contributed by atoms with van der Waals surface area (Å²) >= 11 is 0. The van der Waals surface area contributed by atoms with E-state index >= 15 is 0 Å². The minimum absolute atomic E-state index is 0.879. The number of nitrogens with zero attached hydrogens (tertiary/aromatic N) is 2. The second kappa shape index (κ2) is 10.6. The molecule has 0 aliphatic heterocycles. The van der Waals surface area contributed by atoms with Crippen LogP contribution in [0.1, 0.15) is 5.56 Å².